The minimum absolute atomic E-state index is 0.0515. The third-order valence-corrected chi connectivity index (χ3v) is 4.18. The Morgan fingerprint density at radius 2 is 1.81 bits per heavy atom. The molecule has 0 aliphatic carbocycles. The lowest BCUT2D eigenvalue weighted by atomic mass is 10.1. The largest absolute Gasteiger partial charge is 0.506 e. The maximum Gasteiger partial charge on any atom is 0.162 e. The lowest BCUT2D eigenvalue weighted by Crippen LogP contribution is -2.10. The highest BCUT2D eigenvalue weighted by Crippen LogP contribution is 2.32. The second-order valence-corrected chi connectivity index (χ2v) is 6.40. The number of nitrogens with zero attached hydrogens (tertiary/aromatic N) is 3. The first kappa shape index (κ1) is 19.6. The van der Waals surface area contributed by atoms with Crippen molar-refractivity contribution in [2.45, 2.75) is 13.3 Å². The van der Waals surface area contributed by atoms with Crippen LogP contribution in [0.3, 0.4) is 0 Å². The van der Waals surface area contributed by atoms with Crippen molar-refractivity contribution < 1.29 is 9.90 Å². The average molecular weight is 371 g/mol. The number of benzene rings is 2. The number of hydrogen-bond acceptors (Lipinski definition) is 7. The summed E-state index contributed by atoms with van der Waals surface area (Å²) in [5.41, 5.74) is 13.2. The summed E-state index contributed by atoms with van der Waals surface area (Å²) in [6, 6.07) is 11.6. The second kappa shape index (κ2) is 9.69. The molecule has 2 aromatic carbocycles. The molecule has 0 unspecified atom stereocenters. The summed E-state index contributed by atoms with van der Waals surface area (Å²) in [5.74, 6) is 0.701. The number of ketones is 1. The van der Waals surface area contributed by atoms with E-state index in [1.807, 2.05) is 6.92 Å². The van der Waals surface area contributed by atoms with Crippen LogP contribution in [-0.2, 0) is 0 Å². The Morgan fingerprint density at radius 1 is 1.12 bits per heavy atom. The first-order valence-electron chi connectivity index (χ1n) is 8.08. The van der Waals surface area contributed by atoms with Crippen LogP contribution < -0.4 is 11.5 Å². The number of carbonyl (C=O) groups excluding carboxylic acids is 1. The van der Waals surface area contributed by atoms with Crippen molar-refractivity contribution in [1.82, 2.24) is 0 Å². The molecule has 5 N–H and O–H groups in total. The van der Waals surface area contributed by atoms with E-state index in [9.17, 15) is 9.90 Å². The Kier molecular flexibility index (Phi) is 7.31. The van der Waals surface area contributed by atoms with Gasteiger partial charge in [-0.2, -0.15) is 5.11 Å². The fourth-order valence-corrected chi connectivity index (χ4v) is 2.52. The number of phenols is 1. The van der Waals surface area contributed by atoms with Crippen LogP contribution in [0, 0.1) is 0 Å². The zero-order valence-corrected chi connectivity index (χ0v) is 15.2. The van der Waals surface area contributed by atoms with Gasteiger partial charge < -0.3 is 16.6 Å². The molecule has 26 heavy (non-hydrogen) atoms. The van der Waals surface area contributed by atoms with Crippen LogP contribution in [0.15, 0.2) is 57.7 Å². The summed E-state index contributed by atoms with van der Waals surface area (Å²) in [6.45, 7) is 2.33. The molecule has 0 heterocycles. The maximum absolute atomic E-state index is 11.6. The number of aliphatic imine (C=N–C) groups is 1. The fraction of sp³-hybridized carbons (Fsp3) is 0.222. The van der Waals surface area contributed by atoms with Crippen molar-refractivity contribution >= 4 is 39.8 Å². The number of azo groups is 1. The van der Waals surface area contributed by atoms with Crippen molar-refractivity contribution in [3.05, 3.63) is 48.0 Å². The van der Waals surface area contributed by atoms with Crippen LogP contribution in [0.2, 0.25) is 0 Å². The highest BCUT2D eigenvalue weighted by atomic mass is 32.2. The van der Waals surface area contributed by atoms with E-state index in [2.05, 4.69) is 15.2 Å². The zero-order valence-electron chi connectivity index (χ0n) is 14.4. The van der Waals surface area contributed by atoms with Crippen molar-refractivity contribution in [2.75, 3.05) is 12.3 Å². The number of rotatable bonds is 7. The predicted octanol–water partition coefficient (Wildman–Crippen LogP) is 4.04. The average Bonchev–Trinajstić information content (AvgIpc) is 2.65. The molecule has 8 heteroatoms. The number of phenolic OH excluding ortho intramolecular Hbond substituents is 1. The van der Waals surface area contributed by atoms with Gasteiger partial charge >= 0.3 is 0 Å². The molecule has 0 saturated carbocycles. The maximum atomic E-state index is 11.6. The Hall–Kier alpha value is -2.71. The summed E-state index contributed by atoms with van der Waals surface area (Å²) in [6.07, 6.45) is 0.457. The van der Waals surface area contributed by atoms with Gasteiger partial charge in [-0.1, -0.05) is 18.7 Å². The molecule has 0 aliphatic rings. The van der Waals surface area contributed by atoms with E-state index in [1.54, 1.807) is 36.4 Å². The monoisotopic (exact) mass is 371 g/mol. The number of nitrogens with two attached hydrogens (primary N) is 2. The van der Waals surface area contributed by atoms with Crippen LogP contribution in [0.1, 0.15) is 23.7 Å². The van der Waals surface area contributed by atoms with Gasteiger partial charge in [-0.05, 0) is 36.4 Å². The van der Waals surface area contributed by atoms with E-state index in [0.717, 1.165) is 0 Å². The lowest BCUT2D eigenvalue weighted by molar-refractivity contribution is 0.0988. The molecular formula is C18H21N5O2S. The molecular weight excluding hydrogens is 350 g/mol. The summed E-state index contributed by atoms with van der Waals surface area (Å²) in [4.78, 5) is 15.8. The summed E-state index contributed by atoms with van der Waals surface area (Å²) in [5, 5.41) is 18.6. The standard InChI is InChI=1S/C18H21N5O2S/c1-2-16(24)12-3-5-13(6-4-12)22-23-15-8-7-14(11-17(15)25)21-18(20)26-10-9-19/h3-8,11,25H,2,9-10,19H2,1H3,(H2,20,21). The van der Waals surface area contributed by atoms with Gasteiger partial charge in [0.15, 0.2) is 11.0 Å². The molecule has 0 amide bonds. The molecule has 0 atom stereocenters. The Labute approximate surface area is 156 Å². The fourth-order valence-electron chi connectivity index (χ4n) is 2.02. The van der Waals surface area contributed by atoms with Gasteiger partial charge in [-0.25, -0.2) is 4.99 Å². The first-order valence-corrected chi connectivity index (χ1v) is 9.07. The Balaban J connectivity index is 2.10. The van der Waals surface area contributed by atoms with E-state index in [0.29, 0.717) is 46.5 Å². The molecule has 2 rings (SSSR count). The number of thioether (sulfide) groups is 1. The minimum Gasteiger partial charge on any atom is -0.506 e. The van der Waals surface area contributed by atoms with Gasteiger partial charge in [-0.15, -0.1) is 5.11 Å². The van der Waals surface area contributed by atoms with Gasteiger partial charge in [0.2, 0.25) is 0 Å². The SMILES string of the molecule is CCC(=O)c1ccc(N=Nc2ccc(N=C(N)SCCN)cc2O)cc1. The van der Waals surface area contributed by atoms with E-state index >= 15 is 0 Å². The summed E-state index contributed by atoms with van der Waals surface area (Å²) in [7, 11) is 0. The van der Waals surface area contributed by atoms with Gasteiger partial charge in [0.1, 0.15) is 11.4 Å². The van der Waals surface area contributed by atoms with E-state index in [4.69, 9.17) is 11.5 Å². The highest BCUT2D eigenvalue weighted by Gasteiger charge is 2.04. The Morgan fingerprint density at radius 3 is 2.42 bits per heavy atom. The quantitative estimate of drug-likeness (QED) is 0.293. The molecule has 136 valence electrons. The molecule has 0 aliphatic heterocycles. The van der Waals surface area contributed by atoms with Gasteiger partial charge in [0.05, 0.1) is 11.4 Å². The van der Waals surface area contributed by atoms with Gasteiger partial charge in [0.25, 0.3) is 0 Å². The van der Waals surface area contributed by atoms with E-state index in [1.165, 1.54) is 17.8 Å². The third kappa shape index (κ3) is 5.68. The zero-order chi connectivity index (χ0) is 18.9. The third-order valence-electron chi connectivity index (χ3n) is 3.35. The number of amidine groups is 1. The van der Waals surface area contributed by atoms with Crippen LogP contribution in [-0.4, -0.2) is 28.4 Å². The number of aromatic hydroxyl groups is 1. The smallest absolute Gasteiger partial charge is 0.162 e. The summed E-state index contributed by atoms with van der Waals surface area (Å²) >= 11 is 1.35. The van der Waals surface area contributed by atoms with Crippen molar-refractivity contribution in [3.8, 4) is 5.75 Å². The molecule has 0 fully saturated rings. The molecule has 0 bridgehead atoms. The van der Waals surface area contributed by atoms with E-state index in [-0.39, 0.29) is 11.5 Å². The molecule has 7 nitrogen and oxygen atoms in total. The topological polar surface area (TPSA) is 126 Å². The number of hydrogen-bond donors (Lipinski definition) is 3. The molecule has 0 aromatic heterocycles. The molecule has 0 spiro atoms. The van der Waals surface area contributed by atoms with Crippen molar-refractivity contribution in [2.24, 2.45) is 26.7 Å². The van der Waals surface area contributed by atoms with Gasteiger partial charge in [0, 0.05) is 30.3 Å². The number of carbonyl (C=O) groups is 1. The highest BCUT2D eigenvalue weighted by molar-refractivity contribution is 8.13. The van der Waals surface area contributed by atoms with E-state index < -0.39 is 0 Å². The minimum atomic E-state index is -0.0515. The van der Waals surface area contributed by atoms with Crippen LogP contribution in [0.5, 0.6) is 5.75 Å². The van der Waals surface area contributed by atoms with Crippen molar-refractivity contribution in [1.29, 1.82) is 0 Å². The van der Waals surface area contributed by atoms with Crippen LogP contribution in [0.4, 0.5) is 17.1 Å². The van der Waals surface area contributed by atoms with Crippen molar-refractivity contribution in [3.63, 3.8) is 0 Å². The lowest BCUT2D eigenvalue weighted by Gasteiger charge is -2.02. The van der Waals surface area contributed by atoms with Crippen LogP contribution >= 0.6 is 11.8 Å². The van der Waals surface area contributed by atoms with Gasteiger partial charge in [-0.3, -0.25) is 4.79 Å². The predicted molar refractivity (Wildman–Crippen MR) is 106 cm³/mol. The Bertz CT molecular complexity index is 819. The first-order chi connectivity index (χ1) is 12.5. The molecule has 0 saturated heterocycles. The summed E-state index contributed by atoms with van der Waals surface area (Å²) < 4.78 is 0. The second-order valence-electron chi connectivity index (χ2n) is 5.28. The van der Waals surface area contributed by atoms with Crippen LogP contribution in [0.25, 0.3) is 0 Å². The normalized spacial score (nSPS) is 11.8. The molecule has 2 aromatic rings. The number of Topliss-reactive ketones (excluding diaryl/α,β-unsaturated/α-hetero) is 1. The molecule has 0 radical (unpaired) electrons.